The van der Waals surface area contributed by atoms with E-state index in [1.165, 1.54) is 0 Å². The summed E-state index contributed by atoms with van der Waals surface area (Å²) in [6.45, 7) is 4.85. The van der Waals surface area contributed by atoms with Gasteiger partial charge in [-0.2, -0.15) is 0 Å². The molecule has 0 saturated carbocycles. The lowest BCUT2D eigenvalue weighted by Gasteiger charge is -2.10. The molecule has 2 aromatic rings. The normalized spacial score (nSPS) is 10.2. The second-order valence-electron chi connectivity index (χ2n) is 4.38. The fourth-order valence-corrected chi connectivity index (χ4v) is 1.74. The molecule has 0 aliphatic carbocycles. The molecule has 1 aromatic carbocycles. The Balaban J connectivity index is 1.53. The maximum atomic E-state index is 5.69. The molecule has 0 spiro atoms. The highest BCUT2D eigenvalue weighted by molar-refractivity contribution is 5.31. The van der Waals surface area contributed by atoms with E-state index in [1.54, 1.807) is 6.20 Å². The Bertz CT molecular complexity index is 503. The monoisotopic (exact) mass is 272 g/mol. The zero-order chi connectivity index (χ0) is 14.0. The maximum Gasteiger partial charge on any atom is 0.213 e. The Kier molecular flexibility index (Phi) is 5.86. The zero-order valence-electron chi connectivity index (χ0n) is 11.7. The van der Waals surface area contributed by atoms with Crippen molar-refractivity contribution in [1.82, 2.24) is 10.3 Å². The number of rotatable bonds is 8. The molecule has 0 aliphatic rings. The summed E-state index contributed by atoms with van der Waals surface area (Å²) < 4.78 is 11.2. The maximum absolute atomic E-state index is 5.69. The van der Waals surface area contributed by atoms with E-state index >= 15 is 0 Å². The molecule has 2 rings (SSSR count). The SMILES string of the molecule is Cc1ccccc1OCCNCCOc1ccccn1. The molecule has 4 nitrogen and oxygen atoms in total. The summed E-state index contributed by atoms with van der Waals surface area (Å²) in [6.07, 6.45) is 1.72. The van der Waals surface area contributed by atoms with Crippen LogP contribution < -0.4 is 14.8 Å². The van der Waals surface area contributed by atoms with Gasteiger partial charge in [-0.1, -0.05) is 24.3 Å². The number of hydrogen-bond donors (Lipinski definition) is 1. The molecule has 1 N–H and O–H groups in total. The van der Waals surface area contributed by atoms with Gasteiger partial charge >= 0.3 is 0 Å². The summed E-state index contributed by atoms with van der Waals surface area (Å²) in [7, 11) is 0. The number of pyridine rings is 1. The number of benzene rings is 1. The Morgan fingerprint density at radius 3 is 2.45 bits per heavy atom. The van der Waals surface area contributed by atoms with Crippen LogP contribution in [0, 0.1) is 6.92 Å². The molecule has 0 saturated heterocycles. The summed E-state index contributed by atoms with van der Waals surface area (Å²) in [6, 6.07) is 13.6. The van der Waals surface area contributed by atoms with Gasteiger partial charge in [-0.05, 0) is 24.6 Å². The zero-order valence-corrected chi connectivity index (χ0v) is 11.7. The fourth-order valence-electron chi connectivity index (χ4n) is 1.74. The molecule has 0 fully saturated rings. The van der Waals surface area contributed by atoms with E-state index < -0.39 is 0 Å². The van der Waals surface area contributed by atoms with Crippen molar-refractivity contribution in [2.45, 2.75) is 6.92 Å². The molecule has 20 heavy (non-hydrogen) atoms. The van der Waals surface area contributed by atoms with Crippen LogP contribution in [0.3, 0.4) is 0 Å². The quantitative estimate of drug-likeness (QED) is 0.750. The van der Waals surface area contributed by atoms with Gasteiger partial charge in [0, 0.05) is 25.4 Å². The van der Waals surface area contributed by atoms with Gasteiger partial charge in [-0.25, -0.2) is 4.98 Å². The molecule has 4 heteroatoms. The van der Waals surface area contributed by atoms with Gasteiger partial charge < -0.3 is 14.8 Å². The molecule has 106 valence electrons. The second-order valence-corrected chi connectivity index (χ2v) is 4.38. The standard InChI is InChI=1S/C16H20N2O2/c1-14-6-2-3-7-15(14)19-12-10-17-11-13-20-16-8-4-5-9-18-16/h2-9,17H,10-13H2,1H3. The van der Waals surface area contributed by atoms with Gasteiger partial charge in [0.2, 0.25) is 5.88 Å². The Morgan fingerprint density at radius 2 is 1.70 bits per heavy atom. The van der Waals surface area contributed by atoms with Crippen molar-refractivity contribution < 1.29 is 9.47 Å². The van der Waals surface area contributed by atoms with E-state index in [2.05, 4.69) is 10.3 Å². The second kappa shape index (κ2) is 8.17. The molecular formula is C16H20N2O2. The van der Waals surface area contributed by atoms with Gasteiger partial charge in [0.25, 0.3) is 0 Å². The molecule has 0 bridgehead atoms. The third-order valence-electron chi connectivity index (χ3n) is 2.80. The van der Waals surface area contributed by atoms with Crippen LogP contribution in [0.4, 0.5) is 0 Å². The number of aryl methyl sites for hydroxylation is 1. The van der Waals surface area contributed by atoms with Crippen molar-refractivity contribution in [2.24, 2.45) is 0 Å². The van der Waals surface area contributed by atoms with Crippen LogP contribution in [0.1, 0.15) is 5.56 Å². The fraction of sp³-hybridized carbons (Fsp3) is 0.312. The minimum Gasteiger partial charge on any atom is -0.492 e. The average Bonchev–Trinajstić information content (AvgIpc) is 2.49. The topological polar surface area (TPSA) is 43.4 Å². The lowest BCUT2D eigenvalue weighted by Crippen LogP contribution is -2.26. The van der Waals surface area contributed by atoms with Crippen LogP contribution >= 0.6 is 0 Å². The first-order valence-corrected chi connectivity index (χ1v) is 6.79. The van der Waals surface area contributed by atoms with Crippen molar-refractivity contribution in [2.75, 3.05) is 26.3 Å². The third-order valence-corrected chi connectivity index (χ3v) is 2.80. The molecule has 0 atom stereocenters. The van der Waals surface area contributed by atoms with Gasteiger partial charge in [0.05, 0.1) is 0 Å². The highest BCUT2D eigenvalue weighted by Gasteiger charge is 1.97. The molecule has 1 heterocycles. The van der Waals surface area contributed by atoms with E-state index in [0.717, 1.165) is 24.4 Å². The minimum atomic E-state index is 0.599. The van der Waals surface area contributed by atoms with Gasteiger partial charge in [0.1, 0.15) is 19.0 Å². The van der Waals surface area contributed by atoms with E-state index in [4.69, 9.17) is 9.47 Å². The van der Waals surface area contributed by atoms with Crippen molar-refractivity contribution in [3.63, 3.8) is 0 Å². The number of aromatic nitrogens is 1. The molecule has 1 aromatic heterocycles. The van der Waals surface area contributed by atoms with Crippen LogP contribution in [0.25, 0.3) is 0 Å². The Hall–Kier alpha value is -2.07. The number of para-hydroxylation sites is 1. The van der Waals surface area contributed by atoms with Crippen LogP contribution in [0.2, 0.25) is 0 Å². The van der Waals surface area contributed by atoms with Crippen LogP contribution in [-0.2, 0) is 0 Å². The summed E-state index contributed by atoms with van der Waals surface area (Å²) >= 11 is 0. The molecule has 0 radical (unpaired) electrons. The largest absolute Gasteiger partial charge is 0.492 e. The molecule has 0 amide bonds. The predicted octanol–water partition coefficient (Wildman–Crippen LogP) is 2.44. The van der Waals surface area contributed by atoms with Crippen molar-refractivity contribution in [3.8, 4) is 11.6 Å². The number of nitrogens with zero attached hydrogens (tertiary/aromatic N) is 1. The first-order valence-electron chi connectivity index (χ1n) is 6.79. The minimum absolute atomic E-state index is 0.599. The number of hydrogen-bond acceptors (Lipinski definition) is 4. The van der Waals surface area contributed by atoms with Gasteiger partial charge in [-0.15, -0.1) is 0 Å². The van der Waals surface area contributed by atoms with Crippen LogP contribution in [-0.4, -0.2) is 31.3 Å². The summed E-state index contributed by atoms with van der Waals surface area (Å²) in [5, 5.41) is 3.27. The van der Waals surface area contributed by atoms with E-state index in [1.807, 2.05) is 49.4 Å². The summed E-state index contributed by atoms with van der Waals surface area (Å²) in [5.41, 5.74) is 1.16. The first kappa shape index (κ1) is 14.3. The number of ether oxygens (including phenoxy) is 2. The highest BCUT2D eigenvalue weighted by Crippen LogP contribution is 2.15. The molecule has 0 aliphatic heterocycles. The van der Waals surface area contributed by atoms with E-state index in [9.17, 15) is 0 Å². The van der Waals surface area contributed by atoms with Crippen molar-refractivity contribution in [1.29, 1.82) is 0 Å². The van der Waals surface area contributed by atoms with E-state index in [0.29, 0.717) is 19.1 Å². The smallest absolute Gasteiger partial charge is 0.213 e. The lowest BCUT2D eigenvalue weighted by atomic mass is 10.2. The first-order chi connectivity index (χ1) is 9.86. The number of nitrogens with one attached hydrogen (secondary N) is 1. The van der Waals surface area contributed by atoms with Gasteiger partial charge in [-0.3, -0.25) is 0 Å². The molecule has 0 unspecified atom stereocenters. The average molecular weight is 272 g/mol. The Labute approximate surface area is 119 Å². The van der Waals surface area contributed by atoms with Crippen LogP contribution in [0.15, 0.2) is 48.7 Å². The third kappa shape index (κ3) is 4.90. The van der Waals surface area contributed by atoms with Crippen molar-refractivity contribution >= 4 is 0 Å². The lowest BCUT2D eigenvalue weighted by molar-refractivity contribution is 0.282. The predicted molar refractivity (Wildman–Crippen MR) is 79.3 cm³/mol. The van der Waals surface area contributed by atoms with Crippen LogP contribution in [0.5, 0.6) is 11.6 Å². The molecular weight excluding hydrogens is 252 g/mol. The van der Waals surface area contributed by atoms with Gasteiger partial charge in [0.15, 0.2) is 0 Å². The Morgan fingerprint density at radius 1 is 0.950 bits per heavy atom. The summed E-state index contributed by atoms with van der Waals surface area (Å²) in [5.74, 6) is 1.60. The van der Waals surface area contributed by atoms with E-state index in [-0.39, 0.29) is 0 Å². The highest BCUT2D eigenvalue weighted by atomic mass is 16.5. The summed E-state index contributed by atoms with van der Waals surface area (Å²) in [4.78, 5) is 4.09. The van der Waals surface area contributed by atoms with Crippen molar-refractivity contribution in [3.05, 3.63) is 54.2 Å².